The number of hydrogen-bond donors (Lipinski definition) is 0. The Morgan fingerprint density at radius 2 is 1.82 bits per heavy atom. The van der Waals surface area contributed by atoms with Gasteiger partial charge in [0.2, 0.25) is 0 Å². The van der Waals surface area contributed by atoms with Crippen LogP contribution in [0, 0.1) is 6.92 Å². The molecule has 0 radical (unpaired) electrons. The molecule has 2 aromatic carbocycles. The number of ketones is 1. The van der Waals surface area contributed by atoms with Crippen molar-refractivity contribution in [1.82, 2.24) is 0 Å². The van der Waals surface area contributed by atoms with Crippen molar-refractivity contribution in [3.63, 3.8) is 0 Å². The van der Waals surface area contributed by atoms with E-state index in [-0.39, 0.29) is 18.1 Å². The zero-order valence-electron chi connectivity index (χ0n) is 15.6. The van der Waals surface area contributed by atoms with Crippen LogP contribution >= 0.6 is 0 Å². The lowest BCUT2D eigenvalue weighted by atomic mass is 10.1. The third-order valence-corrected chi connectivity index (χ3v) is 4.07. The lowest BCUT2D eigenvalue weighted by Crippen LogP contribution is -2.18. The number of rotatable bonds is 6. The SMILES string of the molecule is COc1cc(C(C)=O)ccc1OCC(=O)Oc1ccc2c(C)cc(=O)oc2c1. The first kappa shape index (κ1) is 19.2. The molecule has 0 unspecified atom stereocenters. The zero-order valence-corrected chi connectivity index (χ0v) is 15.6. The number of benzene rings is 2. The molecule has 7 heteroatoms. The standard InChI is InChI=1S/C21H18O7/c1-12-8-20(23)28-18-10-15(5-6-16(12)18)27-21(24)11-26-17-7-4-14(13(2)22)9-19(17)25-3/h4-10H,11H2,1-3H3. The predicted molar refractivity (Wildman–Crippen MR) is 101 cm³/mol. The molecule has 0 aliphatic heterocycles. The second-order valence-corrected chi connectivity index (χ2v) is 6.09. The van der Waals surface area contributed by atoms with Crippen LogP contribution in [0.1, 0.15) is 22.8 Å². The molecule has 28 heavy (non-hydrogen) atoms. The van der Waals surface area contributed by atoms with Crippen molar-refractivity contribution in [2.75, 3.05) is 13.7 Å². The lowest BCUT2D eigenvalue weighted by molar-refractivity contribution is -0.136. The van der Waals surface area contributed by atoms with E-state index in [1.54, 1.807) is 31.2 Å². The van der Waals surface area contributed by atoms with E-state index in [0.29, 0.717) is 22.6 Å². The number of carbonyl (C=O) groups excluding carboxylic acids is 2. The largest absolute Gasteiger partial charge is 0.493 e. The molecule has 7 nitrogen and oxygen atoms in total. The molecule has 1 aromatic heterocycles. The van der Waals surface area contributed by atoms with E-state index in [9.17, 15) is 14.4 Å². The maximum Gasteiger partial charge on any atom is 0.349 e. The van der Waals surface area contributed by atoms with Crippen molar-refractivity contribution in [3.8, 4) is 17.2 Å². The molecule has 3 rings (SSSR count). The molecule has 0 atom stereocenters. The van der Waals surface area contributed by atoms with Crippen molar-refractivity contribution < 1.29 is 28.2 Å². The summed E-state index contributed by atoms with van der Waals surface area (Å²) >= 11 is 0. The molecule has 0 saturated heterocycles. The van der Waals surface area contributed by atoms with Gasteiger partial charge in [0.25, 0.3) is 0 Å². The van der Waals surface area contributed by atoms with Crippen molar-refractivity contribution in [2.45, 2.75) is 13.8 Å². The van der Waals surface area contributed by atoms with Crippen LogP contribution in [-0.2, 0) is 4.79 Å². The number of aryl methyl sites for hydroxylation is 1. The molecule has 0 fully saturated rings. The summed E-state index contributed by atoms with van der Waals surface area (Å²) in [6, 6.07) is 10.9. The molecule has 0 bridgehead atoms. The molecule has 144 valence electrons. The van der Waals surface area contributed by atoms with Crippen LogP contribution in [0.15, 0.2) is 51.7 Å². The third-order valence-electron chi connectivity index (χ3n) is 4.07. The summed E-state index contributed by atoms with van der Waals surface area (Å²) in [7, 11) is 1.44. The summed E-state index contributed by atoms with van der Waals surface area (Å²) in [5, 5.41) is 0.756. The van der Waals surface area contributed by atoms with Crippen molar-refractivity contribution >= 4 is 22.7 Å². The molecule has 0 aliphatic rings. The Hall–Kier alpha value is -3.61. The van der Waals surface area contributed by atoms with Gasteiger partial charge in [-0.15, -0.1) is 0 Å². The topological polar surface area (TPSA) is 92.0 Å². The minimum atomic E-state index is -0.646. The summed E-state index contributed by atoms with van der Waals surface area (Å²) in [4.78, 5) is 35.0. The second kappa shape index (κ2) is 7.96. The summed E-state index contributed by atoms with van der Waals surface area (Å²) in [5.41, 5.74) is 1.10. The number of esters is 1. The summed E-state index contributed by atoms with van der Waals surface area (Å²) in [6.07, 6.45) is 0. The first-order valence-corrected chi connectivity index (χ1v) is 8.44. The van der Waals surface area contributed by atoms with Gasteiger partial charge in [0, 0.05) is 23.1 Å². The van der Waals surface area contributed by atoms with Gasteiger partial charge < -0.3 is 18.6 Å². The van der Waals surface area contributed by atoms with Gasteiger partial charge >= 0.3 is 11.6 Å². The third kappa shape index (κ3) is 4.20. The van der Waals surface area contributed by atoms with E-state index >= 15 is 0 Å². The Balaban J connectivity index is 1.70. The van der Waals surface area contributed by atoms with Gasteiger partial charge in [-0.2, -0.15) is 0 Å². The molecule has 3 aromatic rings. The van der Waals surface area contributed by atoms with Gasteiger partial charge in [-0.3, -0.25) is 4.79 Å². The maximum atomic E-state index is 12.1. The predicted octanol–water partition coefficient (Wildman–Crippen LogP) is 3.30. The number of Topliss-reactive ketones (excluding diaryl/α,β-unsaturated/α-hetero) is 1. The number of ether oxygens (including phenoxy) is 3. The maximum absolute atomic E-state index is 12.1. The highest BCUT2D eigenvalue weighted by atomic mass is 16.6. The minimum Gasteiger partial charge on any atom is -0.493 e. The molecule has 0 amide bonds. The van der Waals surface area contributed by atoms with Crippen LogP contribution in [0.5, 0.6) is 17.2 Å². The van der Waals surface area contributed by atoms with Gasteiger partial charge in [0.15, 0.2) is 23.9 Å². The molecule has 1 heterocycles. The lowest BCUT2D eigenvalue weighted by Gasteiger charge is -2.11. The van der Waals surface area contributed by atoms with Crippen LogP contribution in [0.2, 0.25) is 0 Å². The Labute approximate surface area is 160 Å². The highest BCUT2D eigenvalue weighted by Gasteiger charge is 2.12. The number of hydrogen-bond acceptors (Lipinski definition) is 7. The Bertz CT molecular complexity index is 1110. The molecule has 0 N–H and O–H groups in total. The fourth-order valence-electron chi connectivity index (χ4n) is 2.67. The average Bonchev–Trinajstić information content (AvgIpc) is 2.65. The summed E-state index contributed by atoms with van der Waals surface area (Å²) in [6.45, 7) is 2.87. The highest BCUT2D eigenvalue weighted by Crippen LogP contribution is 2.28. The number of carbonyl (C=O) groups is 2. The van der Waals surface area contributed by atoms with Crippen LogP contribution in [0.25, 0.3) is 11.0 Å². The molecule has 0 aliphatic carbocycles. The van der Waals surface area contributed by atoms with Crippen LogP contribution in [0.4, 0.5) is 0 Å². The molecular weight excluding hydrogens is 364 g/mol. The quantitative estimate of drug-likeness (QED) is 0.279. The Morgan fingerprint density at radius 1 is 1.04 bits per heavy atom. The minimum absolute atomic E-state index is 0.109. The highest BCUT2D eigenvalue weighted by molar-refractivity contribution is 5.94. The van der Waals surface area contributed by atoms with E-state index in [1.807, 2.05) is 0 Å². The monoisotopic (exact) mass is 382 g/mol. The molecule has 0 saturated carbocycles. The fourth-order valence-corrected chi connectivity index (χ4v) is 2.67. The van der Waals surface area contributed by atoms with Crippen LogP contribution in [0.3, 0.4) is 0 Å². The van der Waals surface area contributed by atoms with Crippen LogP contribution in [-0.4, -0.2) is 25.5 Å². The van der Waals surface area contributed by atoms with Gasteiger partial charge in [-0.25, -0.2) is 9.59 Å². The van der Waals surface area contributed by atoms with Crippen molar-refractivity contribution in [1.29, 1.82) is 0 Å². The van der Waals surface area contributed by atoms with E-state index in [0.717, 1.165) is 10.9 Å². The summed E-state index contributed by atoms with van der Waals surface area (Å²) < 4.78 is 21.0. The molecular formula is C21H18O7. The van der Waals surface area contributed by atoms with E-state index in [2.05, 4.69) is 0 Å². The normalized spacial score (nSPS) is 10.5. The van der Waals surface area contributed by atoms with Gasteiger partial charge in [0.05, 0.1) is 7.11 Å². The number of methoxy groups -OCH3 is 1. The second-order valence-electron chi connectivity index (χ2n) is 6.09. The Kier molecular flexibility index (Phi) is 5.44. The van der Waals surface area contributed by atoms with E-state index < -0.39 is 11.6 Å². The molecule has 0 spiro atoms. The summed E-state index contributed by atoms with van der Waals surface area (Å²) in [5.74, 6) is 0.122. The first-order valence-electron chi connectivity index (χ1n) is 8.44. The fraction of sp³-hybridized carbons (Fsp3) is 0.190. The van der Waals surface area contributed by atoms with Crippen LogP contribution < -0.4 is 19.8 Å². The first-order chi connectivity index (χ1) is 13.4. The zero-order chi connectivity index (χ0) is 20.3. The number of fused-ring (bicyclic) bond motifs is 1. The smallest absolute Gasteiger partial charge is 0.349 e. The van der Waals surface area contributed by atoms with Crippen molar-refractivity contribution in [2.24, 2.45) is 0 Å². The van der Waals surface area contributed by atoms with Gasteiger partial charge in [0.1, 0.15) is 11.3 Å². The van der Waals surface area contributed by atoms with E-state index in [4.69, 9.17) is 18.6 Å². The van der Waals surface area contributed by atoms with Gasteiger partial charge in [-0.05, 0) is 49.7 Å². The van der Waals surface area contributed by atoms with E-state index in [1.165, 1.54) is 32.2 Å². The van der Waals surface area contributed by atoms with Gasteiger partial charge in [-0.1, -0.05) is 0 Å². The Morgan fingerprint density at radius 3 is 2.54 bits per heavy atom. The average molecular weight is 382 g/mol. The van der Waals surface area contributed by atoms with Crippen molar-refractivity contribution in [3.05, 3.63) is 64.0 Å².